The van der Waals surface area contributed by atoms with Gasteiger partial charge in [-0.2, -0.15) is 0 Å². The monoisotopic (exact) mass is 320 g/mol. The minimum atomic E-state index is -0.496. The summed E-state index contributed by atoms with van der Waals surface area (Å²) >= 11 is 0. The fourth-order valence-electron chi connectivity index (χ4n) is 2.14. The van der Waals surface area contributed by atoms with Crippen molar-refractivity contribution in [3.63, 3.8) is 0 Å². The number of carbonyl (C=O) groups is 3. The van der Waals surface area contributed by atoms with Crippen molar-refractivity contribution in [3.05, 3.63) is 29.8 Å². The van der Waals surface area contributed by atoms with Gasteiger partial charge in [0.05, 0.1) is 24.4 Å². The van der Waals surface area contributed by atoms with Crippen LogP contribution in [-0.2, 0) is 14.3 Å². The molecule has 0 unspecified atom stereocenters. The maximum atomic E-state index is 12.0. The van der Waals surface area contributed by atoms with Gasteiger partial charge in [0.25, 0.3) is 0 Å². The molecule has 1 aromatic carbocycles. The highest BCUT2D eigenvalue weighted by Gasteiger charge is 2.16. The predicted octanol–water partition coefficient (Wildman–Crippen LogP) is 2.35. The minimum absolute atomic E-state index is 0.0883. The number of anilines is 1. The van der Waals surface area contributed by atoms with Gasteiger partial charge in [0, 0.05) is 5.92 Å². The molecule has 23 heavy (non-hydrogen) atoms. The van der Waals surface area contributed by atoms with Crippen LogP contribution in [0.2, 0.25) is 0 Å². The molecule has 0 saturated carbocycles. The van der Waals surface area contributed by atoms with E-state index in [4.69, 9.17) is 4.74 Å². The fraction of sp³-hybridized carbons (Fsp3) is 0.471. The first-order valence-electron chi connectivity index (χ1n) is 7.87. The lowest BCUT2D eigenvalue weighted by molar-refractivity contribution is -0.127. The van der Waals surface area contributed by atoms with E-state index in [9.17, 15) is 14.4 Å². The first kappa shape index (κ1) is 18.7. The van der Waals surface area contributed by atoms with E-state index in [2.05, 4.69) is 10.6 Å². The number of rotatable bonds is 8. The van der Waals surface area contributed by atoms with Crippen molar-refractivity contribution < 1.29 is 19.1 Å². The third kappa shape index (κ3) is 5.73. The molecule has 0 heterocycles. The molecule has 0 bridgehead atoms. The summed E-state index contributed by atoms with van der Waals surface area (Å²) in [5, 5.41) is 5.24. The van der Waals surface area contributed by atoms with Crippen molar-refractivity contribution in [2.45, 2.75) is 33.6 Å². The molecule has 2 N–H and O–H groups in total. The molecular weight excluding hydrogens is 296 g/mol. The molecule has 2 amide bonds. The molecule has 126 valence electrons. The van der Waals surface area contributed by atoms with Crippen LogP contribution in [0.1, 0.15) is 44.0 Å². The highest BCUT2D eigenvalue weighted by atomic mass is 16.5. The van der Waals surface area contributed by atoms with E-state index in [0.29, 0.717) is 5.69 Å². The largest absolute Gasteiger partial charge is 0.462 e. The second-order valence-electron chi connectivity index (χ2n) is 5.05. The van der Waals surface area contributed by atoms with Crippen LogP contribution >= 0.6 is 0 Å². The van der Waals surface area contributed by atoms with E-state index in [1.54, 1.807) is 31.2 Å². The van der Waals surface area contributed by atoms with Crippen LogP contribution in [0.4, 0.5) is 5.69 Å². The standard InChI is InChI=1S/C17H24N2O4/c1-4-12(5-2)16(21)18-11-15(20)19-14-10-8-7-9-13(14)17(22)23-6-3/h7-10,12H,4-6,11H2,1-3H3,(H,18,21)(H,19,20). The molecule has 0 aromatic heterocycles. The molecule has 0 aliphatic rings. The molecule has 1 rings (SSSR count). The lowest BCUT2D eigenvalue weighted by Crippen LogP contribution is -2.36. The Bertz CT molecular complexity index is 553. The third-order valence-electron chi connectivity index (χ3n) is 3.48. The molecule has 0 radical (unpaired) electrons. The topological polar surface area (TPSA) is 84.5 Å². The van der Waals surface area contributed by atoms with Crippen LogP contribution in [0.3, 0.4) is 0 Å². The third-order valence-corrected chi connectivity index (χ3v) is 3.48. The maximum Gasteiger partial charge on any atom is 0.340 e. The van der Waals surface area contributed by atoms with E-state index in [1.165, 1.54) is 0 Å². The summed E-state index contributed by atoms with van der Waals surface area (Å²) in [5.41, 5.74) is 0.654. The van der Waals surface area contributed by atoms with Gasteiger partial charge < -0.3 is 15.4 Å². The normalized spacial score (nSPS) is 10.3. The lowest BCUT2D eigenvalue weighted by atomic mass is 10.0. The molecule has 6 heteroatoms. The van der Waals surface area contributed by atoms with Crippen molar-refractivity contribution in [1.29, 1.82) is 0 Å². The minimum Gasteiger partial charge on any atom is -0.462 e. The van der Waals surface area contributed by atoms with E-state index in [1.807, 2.05) is 13.8 Å². The first-order valence-corrected chi connectivity index (χ1v) is 7.87. The van der Waals surface area contributed by atoms with Gasteiger partial charge in [-0.15, -0.1) is 0 Å². The zero-order chi connectivity index (χ0) is 17.2. The first-order chi connectivity index (χ1) is 11.0. The van der Waals surface area contributed by atoms with Crippen molar-refractivity contribution in [2.24, 2.45) is 5.92 Å². The Morgan fingerprint density at radius 2 is 1.74 bits per heavy atom. The summed E-state index contributed by atoms with van der Waals surface area (Å²) in [7, 11) is 0. The Hall–Kier alpha value is -2.37. The smallest absolute Gasteiger partial charge is 0.340 e. The van der Waals surface area contributed by atoms with E-state index in [0.717, 1.165) is 12.8 Å². The molecular formula is C17H24N2O4. The summed E-state index contributed by atoms with van der Waals surface area (Å²) in [6, 6.07) is 6.60. The Balaban J connectivity index is 2.64. The van der Waals surface area contributed by atoms with Gasteiger partial charge in [-0.25, -0.2) is 4.79 Å². The molecule has 0 fully saturated rings. The number of hydrogen-bond acceptors (Lipinski definition) is 4. The summed E-state index contributed by atoms with van der Waals surface area (Å²) in [5.74, 6) is -1.11. The van der Waals surface area contributed by atoms with Crippen LogP contribution in [0.25, 0.3) is 0 Å². The van der Waals surface area contributed by atoms with Crippen molar-refractivity contribution in [3.8, 4) is 0 Å². The Kier molecular flexibility index (Phi) is 7.80. The van der Waals surface area contributed by atoms with Crippen LogP contribution in [-0.4, -0.2) is 30.9 Å². The number of carbonyl (C=O) groups excluding carboxylic acids is 3. The fourth-order valence-corrected chi connectivity index (χ4v) is 2.14. The zero-order valence-electron chi connectivity index (χ0n) is 13.8. The Morgan fingerprint density at radius 1 is 1.09 bits per heavy atom. The van der Waals surface area contributed by atoms with Crippen molar-refractivity contribution in [1.82, 2.24) is 5.32 Å². The Morgan fingerprint density at radius 3 is 2.35 bits per heavy atom. The number of esters is 1. The summed E-state index contributed by atoms with van der Waals surface area (Å²) in [6.45, 7) is 5.71. The number of hydrogen-bond donors (Lipinski definition) is 2. The second kappa shape index (κ2) is 9.61. The molecule has 6 nitrogen and oxygen atoms in total. The maximum absolute atomic E-state index is 12.0. The van der Waals surface area contributed by atoms with Gasteiger partial charge in [0.2, 0.25) is 11.8 Å². The lowest BCUT2D eigenvalue weighted by Gasteiger charge is -2.13. The number of para-hydroxylation sites is 1. The number of benzene rings is 1. The molecule has 0 saturated heterocycles. The summed E-state index contributed by atoms with van der Waals surface area (Å²) in [4.78, 5) is 35.7. The average molecular weight is 320 g/mol. The zero-order valence-corrected chi connectivity index (χ0v) is 13.8. The molecule has 0 spiro atoms. The van der Waals surface area contributed by atoms with Crippen LogP contribution in [0, 0.1) is 5.92 Å². The molecule has 0 atom stereocenters. The summed E-state index contributed by atoms with van der Waals surface area (Å²) < 4.78 is 4.95. The van der Waals surface area contributed by atoms with Gasteiger partial charge >= 0.3 is 5.97 Å². The Labute approximate surface area is 136 Å². The molecule has 1 aromatic rings. The van der Waals surface area contributed by atoms with Gasteiger partial charge in [-0.05, 0) is 31.9 Å². The van der Waals surface area contributed by atoms with Gasteiger partial charge in [-0.3, -0.25) is 9.59 Å². The highest BCUT2D eigenvalue weighted by molar-refractivity contribution is 6.02. The number of ether oxygens (including phenoxy) is 1. The predicted molar refractivity (Wildman–Crippen MR) is 88.1 cm³/mol. The number of amides is 2. The quantitative estimate of drug-likeness (QED) is 0.720. The van der Waals surface area contributed by atoms with Crippen LogP contribution < -0.4 is 10.6 Å². The van der Waals surface area contributed by atoms with Crippen molar-refractivity contribution in [2.75, 3.05) is 18.5 Å². The summed E-state index contributed by atoms with van der Waals surface area (Å²) in [6.07, 6.45) is 1.46. The SMILES string of the molecule is CCOC(=O)c1ccccc1NC(=O)CNC(=O)C(CC)CC. The van der Waals surface area contributed by atoms with Gasteiger partial charge in [0.1, 0.15) is 0 Å². The van der Waals surface area contributed by atoms with Gasteiger partial charge in [0.15, 0.2) is 0 Å². The van der Waals surface area contributed by atoms with Gasteiger partial charge in [-0.1, -0.05) is 26.0 Å². The highest BCUT2D eigenvalue weighted by Crippen LogP contribution is 2.16. The second-order valence-corrected chi connectivity index (χ2v) is 5.05. The van der Waals surface area contributed by atoms with E-state index in [-0.39, 0.29) is 36.4 Å². The van der Waals surface area contributed by atoms with E-state index < -0.39 is 5.97 Å². The molecule has 0 aliphatic heterocycles. The molecule has 0 aliphatic carbocycles. The van der Waals surface area contributed by atoms with Crippen molar-refractivity contribution >= 4 is 23.5 Å². The number of nitrogens with one attached hydrogen (secondary N) is 2. The van der Waals surface area contributed by atoms with Crippen LogP contribution in [0.15, 0.2) is 24.3 Å². The average Bonchev–Trinajstić information content (AvgIpc) is 2.54. The van der Waals surface area contributed by atoms with Crippen LogP contribution in [0.5, 0.6) is 0 Å². The van der Waals surface area contributed by atoms with E-state index >= 15 is 0 Å².